The van der Waals surface area contributed by atoms with E-state index in [9.17, 15) is 0 Å². The Morgan fingerprint density at radius 2 is 1.88 bits per heavy atom. The summed E-state index contributed by atoms with van der Waals surface area (Å²) in [6, 6.07) is 13.8. The third-order valence-corrected chi connectivity index (χ3v) is 4.07. The van der Waals surface area contributed by atoms with E-state index >= 15 is 0 Å². The van der Waals surface area contributed by atoms with Crippen LogP contribution in [0, 0.1) is 6.92 Å². The van der Waals surface area contributed by atoms with Gasteiger partial charge in [-0.2, -0.15) is 0 Å². The average molecular weight is 245 g/mol. The van der Waals surface area contributed by atoms with E-state index in [0.29, 0.717) is 12.1 Å². The van der Waals surface area contributed by atoms with Crippen molar-refractivity contribution in [3.63, 3.8) is 0 Å². The van der Waals surface area contributed by atoms with Crippen LogP contribution in [0.5, 0.6) is 0 Å². The molecule has 1 nitrogen and oxygen atoms in total. The van der Waals surface area contributed by atoms with Gasteiger partial charge in [0.15, 0.2) is 0 Å². The molecule has 0 saturated heterocycles. The van der Waals surface area contributed by atoms with Gasteiger partial charge in [0, 0.05) is 17.0 Å². The lowest BCUT2D eigenvalue weighted by molar-refractivity contribution is 0.500. The number of thiophene rings is 1. The lowest BCUT2D eigenvalue weighted by Gasteiger charge is -2.19. The van der Waals surface area contributed by atoms with E-state index in [1.807, 2.05) is 11.3 Å². The molecule has 2 heteroatoms. The van der Waals surface area contributed by atoms with Crippen LogP contribution in [-0.4, -0.2) is 0 Å². The first kappa shape index (κ1) is 12.3. The van der Waals surface area contributed by atoms with Crippen LogP contribution in [0.3, 0.4) is 0 Å². The predicted molar refractivity (Wildman–Crippen MR) is 75.5 cm³/mol. The van der Waals surface area contributed by atoms with Crippen LogP contribution < -0.4 is 5.32 Å². The molecule has 2 aromatic rings. The lowest BCUT2D eigenvalue weighted by atomic mass is 10.0. The molecule has 0 radical (unpaired) electrons. The van der Waals surface area contributed by atoms with Gasteiger partial charge in [-0.3, -0.25) is 0 Å². The van der Waals surface area contributed by atoms with Gasteiger partial charge < -0.3 is 5.32 Å². The highest BCUT2D eigenvalue weighted by molar-refractivity contribution is 7.10. The van der Waals surface area contributed by atoms with Gasteiger partial charge in [0.25, 0.3) is 0 Å². The van der Waals surface area contributed by atoms with Crippen LogP contribution in [0.1, 0.15) is 41.9 Å². The van der Waals surface area contributed by atoms with Crippen molar-refractivity contribution >= 4 is 11.3 Å². The maximum Gasteiger partial charge on any atom is 0.0391 e. The van der Waals surface area contributed by atoms with Crippen molar-refractivity contribution < 1.29 is 0 Å². The summed E-state index contributed by atoms with van der Waals surface area (Å²) in [7, 11) is 0. The zero-order valence-electron chi connectivity index (χ0n) is 10.6. The molecular weight excluding hydrogens is 226 g/mol. The van der Waals surface area contributed by atoms with E-state index in [0.717, 1.165) is 0 Å². The van der Waals surface area contributed by atoms with Gasteiger partial charge in [-0.1, -0.05) is 35.9 Å². The minimum Gasteiger partial charge on any atom is -0.303 e. The van der Waals surface area contributed by atoms with Crippen LogP contribution in [0.2, 0.25) is 0 Å². The van der Waals surface area contributed by atoms with E-state index in [1.165, 1.54) is 16.0 Å². The molecule has 1 N–H and O–H groups in total. The number of nitrogens with one attached hydrogen (secondary N) is 1. The number of rotatable bonds is 4. The molecule has 1 aromatic carbocycles. The Morgan fingerprint density at radius 1 is 1.06 bits per heavy atom. The molecule has 0 aliphatic rings. The van der Waals surface area contributed by atoms with Crippen molar-refractivity contribution in [2.24, 2.45) is 0 Å². The summed E-state index contributed by atoms with van der Waals surface area (Å²) in [4.78, 5) is 1.39. The van der Waals surface area contributed by atoms with Crippen molar-refractivity contribution in [3.8, 4) is 0 Å². The molecule has 0 saturated carbocycles. The van der Waals surface area contributed by atoms with Gasteiger partial charge in [0.2, 0.25) is 0 Å². The molecule has 0 bridgehead atoms. The molecule has 17 heavy (non-hydrogen) atoms. The summed E-state index contributed by atoms with van der Waals surface area (Å²) in [5.41, 5.74) is 2.67. The minimum atomic E-state index is 0.381. The Balaban J connectivity index is 2.04. The minimum absolute atomic E-state index is 0.381. The van der Waals surface area contributed by atoms with E-state index in [4.69, 9.17) is 0 Å². The van der Waals surface area contributed by atoms with Gasteiger partial charge in [-0.15, -0.1) is 11.3 Å². The molecule has 0 aliphatic carbocycles. The van der Waals surface area contributed by atoms with Gasteiger partial charge in [-0.25, -0.2) is 0 Å². The van der Waals surface area contributed by atoms with Gasteiger partial charge in [0.1, 0.15) is 0 Å². The summed E-state index contributed by atoms with van der Waals surface area (Å²) >= 11 is 1.81. The van der Waals surface area contributed by atoms with Crippen molar-refractivity contribution in [2.45, 2.75) is 32.9 Å². The van der Waals surface area contributed by atoms with Crippen molar-refractivity contribution in [1.82, 2.24) is 5.32 Å². The number of hydrogen-bond acceptors (Lipinski definition) is 2. The first-order chi connectivity index (χ1) is 8.16. The summed E-state index contributed by atoms with van der Waals surface area (Å²) < 4.78 is 0. The quantitative estimate of drug-likeness (QED) is 0.838. The molecule has 1 unspecified atom stereocenters. The fourth-order valence-electron chi connectivity index (χ4n) is 2.03. The standard InChI is InChI=1S/C15H19NS/c1-11-6-4-7-14(10-11)12(2)16-13(3)15-8-5-9-17-15/h4-10,12-13,16H,1-3H3/t12?,13-/m1/s1. The van der Waals surface area contributed by atoms with Crippen molar-refractivity contribution in [2.75, 3.05) is 0 Å². The second-order valence-corrected chi connectivity index (χ2v) is 5.52. The summed E-state index contributed by atoms with van der Waals surface area (Å²) in [6.45, 7) is 6.58. The van der Waals surface area contributed by atoms with E-state index < -0.39 is 0 Å². The fraction of sp³-hybridized carbons (Fsp3) is 0.333. The van der Waals surface area contributed by atoms with Gasteiger partial charge in [0.05, 0.1) is 0 Å². The van der Waals surface area contributed by atoms with Crippen molar-refractivity contribution in [1.29, 1.82) is 0 Å². The molecule has 1 heterocycles. The average Bonchev–Trinajstić information content (AvgIpc) is 2.82. The number of benzene rings is 1. The number of aryl methyl sites for hydroxylation is 1. The van der Waals surface area contributed by atoms with Gasteiger partial charge >= 0.3 is 0 Å². The molecule has 1 aromatic heterocycles. The fourth-order valence-corrected chi connectivity index (χ4v) is 2.77. The molecule has 0 fully saturated rings. The van der Waals surface area contributed by atoms with E-state index in [2.05, 4.69) is 67.9 Å². The highest BCUT2D eigenvalue weighted by Gasteiger charge is 2.11. The summed E-state index contributed by atoms with van der Waals surface area (Å²) in [6.07, 6.45) is 0. The summed E-state index contributed by atoms with van der Waals surface area (Å²) in [5, 5.41) is 5.77. The lowest BCUT2D eigenvalue weighted by Crippen LogP contribution is -2.21. The van der Waals surface area contributed by atoms with E-state index in [1.54, 1.807) is 0 Å². The Morgan fingerprint density at radius 3 is 2.53 bits per heavy atom. The molecule has 0 amide bonds. The second-order valence-electron chi connectivity index (χ2n) is 4.54. The molecule has 2 atom stereocenters. The molecule has 0 spiro atoms. The molecular formula is C15H19NS. The molecule has 0 aliphatic heterocycles. The SMILES string of the molecule is Cc1cccc(C(C)N[C@H](C)c2cccs2)c1. The predicted octanol–water partition coefficient (Wildman–Crippen LogP) is 4.47. The van der Waals surface area contributed by atoms with Crippen LogP contribution in [0.4, 0.5) is 0 Å². The zero-order valence-corrected chi connectivity index (χ0v) is 11.4. The monoisotopic (exact) mass is 245 g/mol. The van der Waals surface area contributed by atoms with Crippen LogP contribution >= 0.6 is 11.3 Å². The third-order valence-electron chi connectivity index (χ3n) is 3.01. The first-order valence-electron chi connectivity index (χ1n) is 6.03. The highest BCUT2D eigenvalue weighted by atomic mass is 32.1. The second kappa shape index (κ2) is 5.48. The van der Waals surface area contributed by atoms with Crippen LogP contribution in [0.25, 0.3) is 0 Å². The normalized spacial score (nSPS) is 14.5. The van der Waals surface area contributed by atoms with Crippen molar-refractivity contribution in [3.05, 3.63) is 57.8 Å². The first-order valence-corrected chi connectivity index (χ1v) is 6.91. The smallest absolute Gasteiger partial charge is 0.0391 e. The van der Waals surface area contributed by atoms with Gasteiger partial charge in [-0.05, 0) is 37.8 Å². The van der Waals surface area contributed by atoms with E-state index in [-0.39, 0.29) is 0 Å². The Hall–Kier alpha value is -1.12. The Kier molecular flexibility index (Phi) is 3.97. The molecule has 90 valence electrons. The van der Waals surface area contributed by atoms with Crippen LogP contribution in [0.15, 0.2) is 41.8 Å². The highest BCUT2D eigenvalue weighted by Crippen LogP contribution is 2.22. The van der Waals surface area contributed by atoms with Crippen LogP contribution in [-0.2, 0) is 0 Å². The maximum atomic E-state index is 3.64. The zero-order chi connectivity index (χ0) is 12.3. The largest absolute Gasteiger partial charge is 0.303 e. The Bertz CT molecular complexity index is 462. The number of hydrogen-bond donors (Lipinski definition) is 1. The third kappa shape index (κ3) is 3.18. The molecule has 2 rings (SSSR count). The topological polar surface area (TPSA) is 12.0 Å². The summed E-state index contributed by atoms with van der Waals surface area (Å²) in [5.74, 6) is 0. The Labute approximate surface area is 108 Å². The maximum absolute atomic E-state index is 3.64.